The minimum Gasteiger partial charge on any atom is -0.334 e. The van der Waals surface area contributed by atoms with E-state index >= 15 is 0 Å². The summed E-state index contributed by atoms with van der Waals surface area (Å²) in [6, 6.07) is 5.68. The van der Waals surface area contributed by atoms with Crippen molar-refractivity contribution in [3.8, 4) is 0 Å². The normalized spacial score (nSPS) is 16.6. The van der Waals surface area contributed by atoms with Gasteiger partial charge in [-0.25, -0.2) is 17.8 Å². The first-order valence-electron chi connectivity index (χ1n) is 8.87. The molecule has 1 N–H and O–H groups in total. The molecule has 27 heavy (non-hydrogen) atoms. The number of sulfonamides is 1. The van der Waals surface area contributed by atoms with E-state index in [2.05, 4.69) is 10.3 Å². The molecule has 146 valence electrons. The second-order valence-corrected chi connectivity index (χ2v) is 8.81. The maximum Gasteiger partial charge on any atom is 0.262 e. The molecular formula is C18H23FN4O3S. The van der Waals surface area contributed by atoms with E-state index in [9.17, 15) is 17.6 Å². The van der Waals surface area contributed by atoms with Gasteiger partial charge in [-0.1, -0.05) is 0 Å². The van der Waals surface area contributed by atoms with Gasteiger partial charge in [-0.15, -0.1) is 0 Å². The average Bonchev–Trinajstić information content (AvgIpc) is 3.15. The number of carbonyl (C=O) groups excluding carboxylic acids is 1. The lowest BCUT2D eigenvalue weighted by atomic mass is 9.97. The van der Waals surface area contributed by atoms with Crippen molar-refractivity contribution >= 4 is 21.6 Å². The second-order valence-electron chi connectivity index (χ2n) is 6.93. The van der Waals surface area contributed by atoms with Crippen LogP contribution < -0.4 is 5.32 Å². The highest BCUT2D eigenvalue weighted by molar-refractivity contribution is 7.89. The lowest BCUT2D eigenvalue weighted by Crippen LogP contribution is -2.41. The number of amides is 1. The van der Waals surface area contributed by atoms with Crippen molar-refractivity contribution in [1.29, 1.82) is 0 Å². The molecule has 7 nitrogen and oxygen atoms in total. The number of hydrogen-bond donors (Lipinski definition) is 1. The Balaban J connectivity index is 1.60. The highest BCUT2D eigenvalue weighted by Gasteiger charge is 2.33. The van der Waals surface area contributed by atoms with Crippen LogP contribution in [0.4, 0.5) is 10.1 Å². The molecule has 1 aromatic heterocycles. The Kier molecular flexibility index (Phi) is 5.61. The molecule has 0 unspecified atom stereocenters. The number of anilines is 1. The Bertz CT molecular complexity index is 901. The van der Waals surface area contributed by atoms with Gasteiger partial charge in [0.15, 0.2) is 5.03 Å². The van der Waals surface area contributed by atoms with Crippen LogP contribution in [0.3, 0.4) is 0 Å². The van der Waals surface area contributed by atoms with Crippen molar-refractivity contribution in [2.24, 2.45) is 5.92 Å². The predicted molar refractivity (Wildman–Crippen MR) is 99.1 cm³/mol. The van der Waals surface area contributed by atoms with E-state index in [0.29, 0.717) is 18.5 Å². The van der Waals surface area contributed by atoms with E-state index in [1.807, 2.05) is 13.8 Å². The van der Waals surface area contributed by atoms with Gasteiger partial charge < -0.3 is 9.88 Å². The van der Waals surface area contributed by atoms with Crippen LogP contribution in [0.15, 0.2) is 41.8 Å². The van der Waals surface area contributed by atoms with Gasteiger partial charge in [-0.2, -0.15) is 4.31 Å². The van der Waals surface area contributed by atoms with Crippen molar-refractivity contribution in [2.45, 2.75) is 37.8 Å². The SMILES string of the molecule is CC(C)n1cnc(S(=O)(=O)N2CCC(C(=O)Nc3ccc(F)cc3)CC2)c1. The van der Waals surface area contributed by atoms with Crippen molar-refractivity contribution in [3.63, 3.8) is 0 Å². The van der Waals surface area contributed by atoms with Gasteiger partial charge in [0.2, 0.25) is 5.91 Å². The molecule has 0 atom stereocenters. The number of piperidine rings is 1. The Morgan fingerprint density at radius 1 is 1.22 bits per heavy atom. The molecule has 1 saturated heterocycles. The molecule has 1 aliphatic heterocycles. The predicted octanol–water partition coefficient (Wildman–Crippen LogP) is 2.64. The second kappa shape index (κ2) is 7.77. The molecule has 1 aliphatic rings. The van der Waals surface area contributed by atoms with Crippen LogP contribution in [0.2, 0.25) is 0 Å². The monoisotopic (exact) mass is 394 g/mol. The lowest BCUT2D eigenvalue weighted by Gasteiger charge is -2.29. The highest BCUT2D eigenvalue weighted by Crippen LogP contribution is 2.24. The first-order chi connectivity index (χ1) is 12.8. The molecule has 1 fully saturated rings. The molecule has 0 aliphatic carbocycles. The van der Waals surface area contributed by atoms with Crippen LogP contribution >= 0.6 is 0 Å². The lowest BCUT2D eigenvalue weighted by molar-refractivity contribution is -0.120. The van der Waals surface area contributed by atoms with Crippen LogP contribution in [-0.2, 0) is 14.8 Å². The molecular weight excluding hydrogens is 371 g/mol. The number of aromatic nitrogens is 2. The molecule has 9 heteroatoms. The molecule has 0 spiro atoms. The molecule has 3 rings (SSSR count). The van der Waals surface area contributed by atoms with Gasteiger partial charge in [-0.3, -0.25) is 4.79 Å². The van der Waals surface area contributed by atoms with Gasteiger partial charge in [0.05, 0.1) is 6.33 Å². The van der Waals surface area contributed by atoms with Crippen LogP contribution in [-0.4, -0.2) is 41.3 Å². The largest absolute Gasteiger partial charge is 0.334 e. The number of benzene rings is 1. The van der Waals surface area contributed by atoms with Crippen LogP contribution in [0.25, 0.3) is 0 Å². The molecule has 0 bridgehead atoms. The third-order valence-electron chi connectivity index (χ3n) is 4.71. The standard InChI is InChI=1S/C18H23FN4O3S/c1-13(2)22-11-17(20-12-22)27(25,26)23-9-7-14(8-10-23)18(24)21-16-5-3-15(19)4-6-16/h3-6,11-14H,7-10H2,1-2H3,(H,21,24). The number of imidazole rings is 1. The molecule has 1 amide bonds. The molecule has 1 aromatic carbocycles. The first-order valence-corrected chi connectivity index (χ1v) is 10.3. The van der Waals surface area contributed by atoms with Crippen LogP contribution in [0.1, 0.15) is 32.7 Å². The summed E-state index contributed by atoms with van der Waals surface area (Å²) in [4.78, 5) is 16.4. The molecule has 0 saturated carbocycles. The van der Waals surface area contributed by atoms with E-state index in [0.717, 1.165) is 0 Å². The number of carbonyl (C=O) groups is 1. The van der Waals surface area contributed by atoms with Crippen LogP contribution in [0, 0.1) is 11.7 Å². The topological polar surface area (TPSA) is 84.3 Å². The van der Waals surface area contributed by atoms with Crippen molar-refractivity contribution in [3.05, 3.63) is 42.6 Å². The van der Waals surface area contributed by atoms with Gasteiger partial charge in [0, 0.05) is 36.9 Å². The minimum atomic E-state index is -3.66. The first kappa shape index (κ1) is 19.5. The fourth-order valence-electron chi connectivity index (χ4n) is 3.00. The van der Waals surface area contributed by atoms with E-state index in [4.69, 9.17) is 0 Å². The summed E-state index contributed by atoms with van der Waals surface area (Å²) < 4.78 is 41.5. The zero-order chi connectivity index (χ0) is 19.6. The van der Waals surface area contributed by atoms with E-state index < -0.39 is 10.0 Å². The third kappa shape index (κ3) is 4.36. The van der Waals surface area contributed by atoms with E-state index in [1.54, 1.807) is 4.57 Å². The molecule has 0 radical (unpaired) electrons. The average molecular weight is 394 g/mol. The Morgan fingerprint density at radius 3 is 2.41 bits per heavy atom. The smallest absolute Gasteiger partial charge is 0.262 e. The number of halogens is 1. The summed E-state index contributed by atoms with van der Waals surface area (Å²) in [6.45, 7) is 4.42. The van der Waals surface area contributed by atoms with Gasteiger partial charge in [-0.05, 0) is 51.0 Å². The Labute approximate surface area is 158 Å². The number of rotatable bonds is 5. The zero-order valence-corrected chi connectivity index (χ0v) is 16.1. The highest BCUT2D eigenvalue weighted by atomic mass is 32.2. The maximum atomic E-state index is 12.9. The third-order valence-corrected chi connectivity index (χ3v) is 6.50. The summed E-state index contributed by atoms with van der Waals surface area (Å²) in [6.07, 6.45) is 3.90. The minimum absolute atomic E-state index is 0.0328. The molecule has 2 heterocycles. The summed E-state index contributed by atoms with van der Waals surface area (Å²) in [5.74, 6) is -0.830. The van der Waals surface area contributed by atoms with Crippen molar-refractivity contribution < 1.29 is 17.6 Å². The summed E-state index contributed by atoms with van der Waals surface area (Å²) in [5, 5.41) is 2.78. The quantitative estimate of drug-likeness (QED) is 0.845. The number of nitrogens with zero attached hydrogens (tertiary/aromatic N) is 3. The molecule has 2 aromatic rings. The Morgan fingerprint density at radius 2 is 1.85 bits per heavy atom. The summed E-state index contributed by atoms with van der Waals surface area (Å²) >= 11 is 0. The Hall–Kier alpha value is -2.26. The zero-order valence-electron chi connectivity index (χ0n) is 15.3. The van der Waals surface area contributed by atoms with Gasteiger partial charge in [0.1, 0.15) is 5.82 Å². The summed E-state index contributed by atoms with van der Waals surface area (Å²) in [7, 11) is -3.66. The maximum absolute atomic E-state index is 12.9. The summed E-state index contributed by atoms with van der Waals surface area (Å²) in [5.41, 5.74) is 0.524. The number of hydrogen-bond acceptors (Lipinski definition) is 4. The van der Waals surface area contributed by atoms with Crippen molar-refractivity contribution in [2.75, 3.05) is 18.4 Å². The fourth-order valence-corrected chi connectivity index (χ4v) is 4.39. The van der Waals surface area contributed by atoms with E-state index in [1.165, 1.54) is 41.1 Å². The van der Waals surface area contributed by atoms with Crippen molar-refractivity contribution in [1.82, 2.24) is 13.9 Å². The van der Waals surface area contributed by atoms with Gasteiger partial charge >= 0.3 is 0 Å². The number of nitrogens with one attached hydrogen (secondary N) is 1. The fraction of sp³-hybridized carbons (Fsp3) is 0.444. The van der Waals surface area contributed by atoms with Gasteiger partial charge in [0.25, 0.3) is 10.0 Å². The van der Waals surface area contributed by atoms with Crippen LogP contribution in [0.5, 0.6) is 0 Å². The van der Waals surface area contributed by atoms with E-state index in [-0.39, 0.29) is 41.8 Å².